The summed E-state index contributed by atoms with van der Waals surface area (Å²) in [6, 6.07) is 9.33. The van der Waals surface area contributed by atoms with E-state index in [9.17, 15) is 18.0 Å². The van der Waals surface area contributed by atoms with Gasteiger partial charge in [-0.05, 0) is 17.7 Å². The molecule has 102 valence electrons. The third kappa shape index (κ3) is 2.72. The van der Waals surface area contributed by atoms with Crippen molar-refractivity contribution in [2.24, 2.45) is 0 Å². The van der Waals surface area contributed by atoms with Gasteiger partial charge < -0.3 is 4.98 Å². The van der Waals surface area contributed by atoms with E-state index < -0.39 is 17.3 Å². The first kappa shape index (κ1) is 13.9. The van der Waals surface area contributed by atoms with Crippen LogP contribution < -0.4 is 5.56 Å². The summed E-state index contributed by atoms with van der Waals surface area (Å²) >= 11 is 0. The molecular weight excluding hydrogens is 269 g/mol. The van der Waals surface area contributed by atoms with Gasteiger partial charge in [0, 0.05) is 17.3 Å². The Labute approximate surface area is 112 Å². The summed E-state index contributed by atoms with van der Waals surface area (Å²) in [5.41, 5.74) is -0.924. The van der Waals surface area contributed by atoms with Crippen molar-refractivity contribution in [2.45, 2.75) is 12.6 Å². The lowest BCUT2D eigenvalue weighted by molar-refractivity contribution is -0.137. The van der Waals surface area contributed by atoms with Gasteiger partial charge in [0.1, 0.15) is 0 Å². The summed E-state index contributed by atoms with van der Waals surface area (Å²) in [5.74, 6) is 0. The minimum Gasteiger partial charge on any atom is -0.325 e. The number of nitrogens with zero attached hydrogens (tertiary/aromatic N) is 1. The number of aromatic amines is 1. The molecule has 0 aliphatic rings. The Morgan fingerprint density at radius 3 is 2.45 bits per heavy atom. The summed E-state index contributed by atoms with van der Waals surface area (Å²) < 4.78 is 39.0. The van der Waals surface area contributed by atoms with E-state index in [4.69, 9.17) is 5.26 Å². The fourth-order valence-corrected chi connectivity index (χ4v) is 1.95. The van der Waals surface area contributed by atoms with Gasteiger partial charge in [0.25, 0.3) is 0 Å². The molecule has 3 nitrogen and oxygen atoms in total. The van der Waals surface area contributed by atoms with Crippen LogP contribution in [-0.2, 0) is 12.6 Å². The van der Waals surface area contributed by atoms with E-state index in [0.29, 0.717) is 0 Å². The molecule has 20 heavy (non-hydrogen) atoms. The van der Waals surface area contributed by atoms with Crippen LogP contribution in [0, 0.1) is 11.3 Å². The minimum absolute atomic E-state index is 0.0542. The number of halogens is 3. The quantitative estimate of drug-likeness (QED) is 0.917. The number of alkyl halides is 3. The van der Waals surface area contributed by atoms with E-state index in [1.807, 2.05) is 6.07 Å². The third-order valence-electron chi connectivity index (χ3n) is 2.78. The van der Waals surface area contributed by atoms with Gasteiger partial charge in [0.15, 0.2) is 0 Å². The predicted molar refractivity (Wildman–Crippen MR) is 66.8 cm³/mol. The molecule has 0 saturated carbocycles. The van der Waals surface area contributed by atoms with Crippen LogP contribution in [0.25, 0.3) is 11.1 Å². The van der Waals surface area contributed by atoms with E-state index >= 15 is 0 Å². The molecule has 0 radical (unpaired) electrons. The monoisotopic (exact) mass is 278 g/mol. The molecule has 0 unspecified atom stereocenters. The Bertz CT molecular complexity index is 726. The highest BCUT2D eigenvalue weighted by Gasteiger charge is 2.33. The number of hydrogen-bond donors (Lipinski definition) is 1. The molecule has 1 N–H and O–H groups in total. The van der Waals surface area contributed by atoms with Crippen molar-refractivity contribution < 1.29 is 13.2 Å². The highest BCUT2D eigenvalue weighted by Crippen LogP contribution is 2.37. The van der Waals surface area contributed by atoms with Crippen LogP contribution in [0.4, 0.5) is 13.2 Å². The van der Waals surface area contributed by atoms with Gasteiger partial charge in [-0.25, -0.2) is 0 Å². The van der Waals surface area contributed by atoms with E-state index in [2.05, 4.69) is 4.98 Å². The van der Waals surface area contributed by atoms with Gasteiger partial charge >= 0.3 is 6.18 Å². The zero-order valence-electron chi connectivity index (χ0n) is 10.2. The van der Waals surface area contributed by atoms with Gasteiger partial charge in [-0.2, -0.15) is 18.4 Å². The molecule has 0 spiro atoms. The normalized spacial score (nSPS) is 11.1. The summed E-state index contributed by atoms with van der Waals surface area (Å²) in [6.45, 7) is 0. The van der Waals surface area contributed by atoms with Crippen molar-refractivity contribution in [1.82, 2.24) is 4.98 Å². The van der Waals surface area contributed by atoms with E-state index in [-0.39, 0.29) is 23.2 Å². The van der Waals surface area contributed by atoms with Crippen molar-refractivity contribution in [3.63, 3.8) is 0 Å². The number of hydrogen-bond acceptors (Lipinski definition) is 2. The zero-order chi connectivity index (χ0) is 14.8. The van der Waals surface area contributed by atoms with E-state index in [0.717, 1.165) is 12.1 Å². The molecule has 0 saturated heterocycles. The first-order valence-electron chi connectivity index (χ1n) is 5.69. The van der Waals surface area contributed by atoms with E-state index in [1.165, 1.54) is 24.3 Å². The van der Waals surface area contributed by atoms with Crippen LogP contribution in [0.2, 0.25) is 0 Å². The molecule has 0 bridgehead atoms. The Hall–Kier alpha value is -2.55. The lowest BCUT2D eigenvalue weighted by Gasteiger charge is -2.14. The SMILES string of the molecule is N#CCc1[nH]c(=O)ccc1-c1ccccc1C(F)(F)F. The molecular formula is C14H9F3N2O. The third-order valence-corrected chi connectivity index (χ3v) is 2.78. The smallest absolute Gasteiger partial charge is 0.325 e. The highest BCUT2D eigenvalue weighted by molar-refractivity contribution is 5.70. The van der Waals surface area contributed by atoms with Crippen LogP contribution in [0.15, 0.2) is 41.2 Å². The fraction of sp³-hybridized carbons (Fsp3) is 0.143. The van der Waals surface area contributed by atoms with Crippen LogP contribution in [0.3, 0.4) is 0 Å². The molecule has 1 aromatic heterocycles. The Morgan fingerprint density at radius 1 is 1.10 bits per heavy atom. The largest absolute Gasteiger partial charge is 0.417 e. The summed E-state index contributed by atoms with van der Waals surface area (Å²) in [7, 11) is 0. The number of rotatable bonds is 2. The summed E-state index contributed by atoms with van der Waals surface area (Å²) in [4.78, 5) is 13.7. The van der Waals surface area contributed by atoms with Crippen molar-refractivity contribution in [1.29, 1.82) is 5.26 Å². The summed E-state index contributed by atoms with van der Waals surface area (Å²) in [6.07, 6.45) is -4.67. The van der Waals surface area contributed by atoms with Crippen molar-refractivity contribution >= 4 is 0 Å². The number of benzene rings is 1. The second kappa shape index (κ2) is 5.21. The van der Waals surface area contributed by atoms with Crippen LogP contribution in [0.5, 0.6) is 0 Å². The second-order valence-electron chi connectivity index (χ2n) is 4.09. The van der Waals surface area contributed by atoms with Gasteiger partial charge in [0.05, 0.1) is 18.1 Å². The van der Waals surface area contributed by atoms with Crippen molar-refractivity contribution in [2.75, 3.05) is 0 Å². The van der Waals surface area contributed by atoms with Crippen LogP contribution in [-0.4, -0.2) is 4.98 Å². The molecule has 0 aliphatic carbocycles. The minimum atomic E-state index is -4.50. The number of H-pyrrole nitrogens is 1. The topological polar surface area (TPSA) is 56.6 Å². The lowest BCUT2D eigenvalue weighted by Crippen LogP contribution is -2.11. The molecule has 0 aliphatic heterocycles. The Balaban J connectivity index is 2.70. The number of aromatic nitrogens is 1. The zero-order valence-corrected chi connectivity index (χ0v) is 10.2. The van der Waals surface area contributed by atoms with Gasteiger partial charge in [0.2, 0.25) is 5.56 Å². The Morgan fingerprint density at radius 2 is 1.80 bits per heavy atom. The highest BCUT2D eigenvalue weighted by atomic mass is 19.4. The van der Waals surface area contributed by atoms with E-state index in [1.54, 1.807) is 0 Å². The second-order valence-corrected chi connectivity index (χ2v) is 4.09. The molecule has 0 atom stereocenters. The van der Waals surface area contributed by atoms with Gasteiger partial charge in [-0.3, -0.25) is 4.79 Å². The Kier molecular flexibility index (Phi) is 3.61. The summed E-state index contributed by atoms with van der Waals surface area (Å²) in [5, 5.41) is 8.72. The molecule has 0 fully saturated rings. The van der Waals surface area contributed by atoms with Crippen LogP contribution >= 0.6 is 0 Å². The van der Waals surface area contributed by atoms with Crippen molar-refractivity contribution in [3.05, 3.63) is 58.0 Å². The van der Waals surface area contributed by atoms with Crippen molar-refractivity contribution in [3.8, 4) is 17.2 Å². The van der Waals surface area contributed by atoms with Gasteiger partial charge in [-0.15, -0.1) is 0 Å². The predicted octanol–water partition coefficient (Wildman–Crippen LogP) is 3.13. The molecule has 1 heterocycles. The molecule has 0 amide bonds. The molecule has 6 heteroatoms. The average molecular weight is 278 g/mol. The van der Waals surface area contributed by atoms with Gasteiger partial charge in [-0.1, -0.05) is 18.2 Å². The lowest BCUT2D eigenvalue weighted by atomic mass is 9.97. The molecule has 2 rings (SSSR count). The first-order valence-corrected chi connectivity index (χ1v) is 5.69. The number of pyridine rings is 1. The standard InChI is InChI=1S/C14H9F3N2O/c15-14(16,17)11-4-2-1-3-9(11)10-5-6-13(20)19-12(10)7-8-18/h1-6H,7H2,(H,19,20). The maximum atomic E-state index is 13.0. The first-order chi connectivity index (χ1) is 9.43. The molecule has 2 aromatic rings. The fourth-order valence-electron chi connectivity index (χ4n) is 1.95. The number of nitrogens with one attached hydrogen (secondary N) is 1. The number of nitriles is 1. The maximum Gasteiger partial charge on any atom is 0.417 e. The van der Waals surface area contributed by atoms with Crippen LogP contribution in [0.1, 0.15) is 11.3 Å². The maximum absolute atomic E-state index is 13.0. The average Bonchev–Trinajstić information content (AvgIpc) is 2.38. The molecule has 1 aromatic carbocycles.